The van der Waals surface area contributed by atoms with Crippen LogP contribution < -0.4 is 21.1 Å². The van der Waals surface area contributed by atoms with Crippen molar-refractivity contribution in [2.45, 2.75) is 33.0 Å². The number of rotatable bonds is 8. The van der Waals surface area contributed by atoms with Gasteiger partial charge < -0.3 is 19.2 Å². The fourth-order valence-electron chi connectivity index (χ4n) is 11.2. The molecule has 1 aliphatic heterocycles. The van der Waals surface area contributed by atoms with E-state index in [1.165, 1.54) is 60.3 Å². The van der Waals surface area contributed by atoms with Crippen LogP contribution in [0.5, 0.6) is 0 Å². The zero-order chi connectivity index (χ0) is 47.1. The number of fused-ring (bicyclic) bond motifs is 8. The minimum Gasteiger partial charge on any atom is -0.455 e. The van der Waals surface area contributed by atoms with Crippen molar-refractivity contribution in [2.75, 3.05) is 10.2 Å². The number of aromatic nitrogens is 1. The average molecular weight is 900 g/mol. The highest BCUT2D eigenvalue weighted by Crippen LogP contribution is 2.50. The van der Waals surface area contributed by atoms with E-state index >= 15 is 0 Å². The molecule has 0 radical (unpaired) electrons. The summed E-state index contributed by atoms with van der Waals surface area (Å²) < 4.78 is 9.68. The zero-order valence-electron chi connectivity index (χ0n) is 39.7. The second-order valence-corrected chi connectivity index (χ2v) is 19.8. The van der Waals surface area contributed by atoms with Crippen LogP contribution in [0.2, 0.25) is 6.82 Å². The SMILES string of the molecule is CB1c2cc3oc(-c4ccccc4)c(-c4ccccc4)c3cc2-n2c3ccc4ccccc4c3c3c(N(c4ccccc4)c4ccccc4)cc(-c4ccccc4Nc4ccc(C(C)(C)C)cc4)c1c32. The summed E-state index contributed by atoms with van der Waals surface area (Å²) in [6.07, 6.45) is 0. The standard InChI is InChI=1S/C65H50BN3O/c1-65(2,3)45-34-36-46(37-35-45)67-54-32-20-19-31-50(54)51-39-57(68(47-26-13-7-14-27-47)48-28-15-8-16-29-48)61-60-49-30-18-17-21-42(49)33-38-55(60)69-56-40-52-58(41-53(56)66(4)62(51)63(61)69)70-64(44-24-11-6-12-25-44)59(52)43-22-9-5-10-23-43/h5-41,67H,1-4H3. The van der Waals surface area contributed by atoms with Crippen molar-refractivity contribution < 1.29 is 4.42 Å². The van der Waals surface area contributed by atoms with Crippen LogP contribution >= 0.6 is 0 Å². The van der Waals surface area contributed by atoms with Gasteiger partial charge in [-0.15, -0.1) is 0 Å². The average Bonchev–Trinajstić information content (AvgIpc) is 3.96. The second kappa shape index (κ2) is 16.3. The lowest BCUT2D eigenvalue weighted by Crippen LogP contribution is -2.46. The van der Waals surface area contributed by atoms with Gasteiger partial charge in [-0.3, -0.25) is 0 Å². The van der Waals surface area contributed by atoms with Gasteiger partial charge in [-0.25, -0.2) is 0 Å². The molecule has 0 saturated heterocycles. The molecule has 5 heteroatoms. The molecule has 0 amide bonds. The van der Waals surface area contributed by atoms with Gasteiger partial charge in [0.05, 0.1) is 16.7 Å². The molecule has 12 aromatic rings. The summed E-state index contributed by atoms with van der Waals surface area (Å²) in [4.78, 5) is 2.47. The third-order valence-corrected chi connectivity index (χ3v) is 14.5. The molecular formula is C65H50BN3O. The van der Waals surface area contributed by atoms with Crippen LogP contribution in [-0.4, -0.2) is 11.3 Å². The van der Waals surface area contributed by atoms with Crippen molar-refractivity contribution in [1.82, 2.24) is 4.57 Å². The molecule has 0 fully saturated rings. The Bertz CT molecular complexity index is 3910. The van der Waals surface area contributed by atoms with Crippen molar-refractivity contribution in [2.24, 2.45) is 0 Å². The van der Waals surface area contributed by atoms with Crippen molar-refractivity contribution in [3.8, 4) is 39.3 Å². The zero-order valence-corrected chi connectivity index (χ0v) is 39.7. The van der Waals surface area contributed by atoms with Crippen molar-refractivity contribution in [3.05, 3.63) is 230 Å². The lowest BCUT2D eigenvalue weighted by molar-refractivity contribution is 0.590. The van der Waals surface area contributed by atoms with Gasteiger partial charge in [0, 0.05) is 61.3 Å². The van der Waals surface area contributed by atoms with E-state index in [-0.39, 0.29) is 12.1 Å². The third-order valence-electron chi connectivity index (χ3n) is 14.5. The van der Waals surface area contributed by atoms with Crippen LogP contribution in [0.25, 0.3) is 82.8 Å². The Kier molecular flexibility index (Phi) is 9.71. The molecule has 0 unspecified atom stereocenters. The summed E-state index contributed by atoms with van der Waals surface area (Å²) in [6, 6.07) is 81.6. The quantitative estimate of drug-likeness (QED) is 0.154. The van der Waals surface area contributed by atoms with Crippen molar-refractivity contribution >= 4 is 89.6 Å². The predicted molar refractivity (Wildman–Crippen MR) is 298 cm³/mol. The highest BCUT2D eigenvalue weighted by Gasteiger charge is 2.36. The van der Waals surface area contributed by atoms with Gasteiger partial charge >= 0.3 is 0 Å². The van der Waals surface area contributed by atoms with Gasteiger partial charge in [-0.2, -0.15) is 0 Å². The Morgan fingerprint density at radius 1 is 0.543 bits per heavy atom. The lowest BCUT2D eigenvalue weighted by Gasteiger charge is -2.31. The van der Waals surface area contributed by atoms with Gasteiger partial charge in [0.25, 0.3) is 0 Å². The molecule has 0 aliphatic carbocycles. The van der Waals surface area contributed by atoms with Crippen molar-refractivity contribution in [3.63, 3.8) is 0 Å². The first-order chi connectivity index (χ1) is 34.3. The molecule has 13 rings (SSSR count). The van der Waals surface area contributed by atoms with Crippen LogP contribution in [0, 0.1) is 0 Å². The first kappa shape index (κ1) is 41.6. The molecule has 2 aromatic heterocycles. The maximum atomic E-state index is 7.09. The molecular weight excluding hydrogens is 850 g/mol. The summed E-state index contributed by atoms with van der Waals surface area (Å²) in [5, 5.41) is 9.89. The van der Waals surface area contributed by atoms with Gasteiger partial charge in [-0.1, -0.05) is 185 Å². The normalized spacial score (nSPS) is 12.3. The van der Waals surface area contributed by atoms with E-state index in [9.17, 15) is 0 Å². The summed E-state index contributed by atoms with van der Waals surface area (Å²) in [5.74, 6) is 0.877. The number of nitrogens with one attached hydrogen (secondary N) is 1. The van der Waals surface area contributed by atoms with E-state index in [2.05, 4.69) is 267 Å². The van der Waals surface area contributed by atoms with E-state index in [0.29, 0.717) is 0 Å². The second-order valence-electron chi connectivity index (χ2n) is 19.8. The van der Waals surface area contributed by atoms with Gasteiger partial charge in [0.2, 0.25) is 6.71 Å². The predicted octanol–water partition coefficient (Wildman–Crippen LogP) is 16.7. The third kappa shape index (κ3) is 6.68. The summed E-state index contributed by atoms with van der Waals surface area (Å²) in [7, 11) is 0. The monoisotopic (exact) mass is 899 g/mol. The summed E-state index contributed by atoms with van der Waals surface area (Å²) in [6.45, 7) is 9.16. The molecule has 10 aromatic carbocycles. The molecule has 0 atom stereocenters. The minimum absolute atomic E-state index is 0.0273. The van der Waals surface area contributed by atoms with E-state index in [0.717, 1.165) is 67.4 Å². The van der Waals surface area contributed by atoms with E-state index in [1.807, 2.05) is 0 Å². The number of benzene rings is 10. The Morgan fingerprint density at radius 2 is 1.16 bits per heavy atom. The molecule has 0 bridgehead atoms. The van der Waals surface area contributed by atoms with Gasteiger partial charge in [0.1, 0.15) is 11.3 Å². The summed E-state index contributed by atoms with van der Waals surface area (Å²) >= 11 is 0. The number of furan rings is 1. The molecule has 3 heterocycles. The molecule has 334 valence electrons. The minimum atomic E-state index is -0.0273. The first-order valence-electron chi connectivity index (χ1n) is 24.4. The highest BCUT2D eigenvalue weighted by atomic mass is 16.3. The first-order valence-corrected chi connectivity index (χ1v) is 24.4. The molecule has 1 aliphatic rings. The number of hydrogen-bond donors (Lipinski definition) is 1. The maximum absolute atomic E-state index is 7.09. The maximum Gasteiger partial charge on any atom is 0.212 e. The van der Waals surface area contributed by atoms with Crippen molar-refractivity contribution in [1.29, 1.82) is 0 Å². The Balaban J connectivity index is 1.18. The Morgan fingerprint density at radius 3 is 1.84 bits per heavy atom. The summed E-state index contributed by atoms with van der Waals surface area (Å²) in [5.41, 5.74) is 19.3. The van der Waals surface area contributed by atoms with E-state index in [1.54, 1.807) is 0 Å². The lowest BCUT2D eigenvalue weighted by atomic mass is 9.40. The molecule has 70 heavy (non-hydrogen) atoms. The molecule has 0 spiro atoms. The van der Waals surface area contributed by atoms with Crippen LogP contribution in [0.4, 0.5) is 28.4 Å². The smallest absolute Gasteiger partial charge is 0.212 e. The van der Waals surface area contributed by atoms with Crippen LogP contribution in [0.1, 0.15) is 26.3 Å². The molecule has 4 nitrogen and oxygen atoms in total. The number of para-hydroxylation sites is 3. The van der Waals surface area contributed by atoms with E-state index in [4.69, 9.17) is 4.42 Å². The Hall–Kier alpha value is -8.54. The topological polar surface area (TPSA) is 33.3 Å². The van der Waals surface area contributed by atoms with Gasteiger partial charge in [-0.05, 0) is 111 Å². The Labute approximate surface area is 409 Å². The number of nitrogens with zero attached hydrogens (tertiary/aromatic N) is 2. The largest absolute Gasteiger partial charge is 0.455 e. The fraction of sp³-hybridized carbons (Fsp3) is 0.0769. The fourth-order valence-corrected chi connectivity index (χ4v) is 11.2. The van der Waals surface area contributed by atoms with Gasteiger partial charge in [0.15, 0.2) is 0 Å². The number of hydrogen-bond acceptors (Lipinski definition) is 3. The van der Waals surface area contributed by atoms with Crippen LogP contribution in [0.15, 0.2) is 229 Å². The highest BCUT2D eigenvalue weighted by molar-refractivity contribution is 6.88. The molecule has 1 N–H and O–H groups in total. The van der Waals surface area contributed by atoms with Crippen LogP contribution in [0.3, 0.4) is 0 Å². The van der Waals surface area contributed by atoms with E-state index < -0.39 is 0 Å². The van der Waals surface area contributed by atoms with Crippen LogP contribution in [-0.2, 0) is 5.41 Å². The number of anilines is 5. The molecule has 0 saturated carbocycles.